The molecule has 3 aromatic heterocycles. The van der Waals surface area contributed by atoms with Crippen molar-refractivity contribution in [1.29, 1.82) is 0 Å². The minimum atomic E-state index is 0.262. The number of nitrogens with one attached hydrogen (secondary N) is 1. The lowest BCUT2D eigenvalue weighted by atomic mass is 9.98. The molecule has 4 heterocycles. The van der Waals surface area contributed by atoms with Crippen molar-refractivity contribution < 1.29 is 4.74 Å². The summed E-state index contributed by atoms with van der Waals surface area (Å²) in [5.41, 5.74) is 1.74. The topological polar surface area (TPSA) is 80.5 Å². The Labute approximate surface area is 207 Å². The summed E-state index contributed by atoms with van der Waals surface area (Å²) in [7, 11) is 0. The van der Waals surface area contributed by atoms with E-state index in [1.807, 2.05) is 12.1 Å². The molecule has 8 nitrogen and oxygen atoms in total. The number of anilines is 1. The average molecular weight is 496 g/mol. The summed E-state index contributed by atoms with van der Waals surface area (Å²) in [6, 6.07) is 10.2. The summed E-state index contributed by atoms with van der Waals surface area (Å²) in [6.07, 6.45) is 8.89. The Morgan fingerprint density at radius 2 is 1.91 bits per heavy atom. The minimum absolute atomic E-state index is 0.262. The number of ether oxygens (including phenoxy) is 1. The average Bonchev–Trinajstić information content (AvgIpc) is 3.60. The molecule has 34 heavy (non-hydrogen) atoms. The van der Waals surface area contributed by atoms with Gasteiger partial charge >= 0.3 is 0 Å². The maximum Gasteiger partial charge on any atom is 0.232 e. The second-order valence-electron chi connectivity index (χ2n) is 9.03. The standard InChI is InChI=1S/C24H29N7OS2/c1-2-6-17(7-3-1)32-22-11-10-21-27-28-24(31(21)29-22)33-18-8-9-19-20(16-18)34-23(26-19)25-12-15-30-13-4-5-14-30/h8-11,16-17H,1-7,12-15H2,(H,25,26). The molecular formula is C24H29N7OS2. The molecule has 178 valence electrons. The van der Waals surface area contributed by atoms with Gasteiger partial charge in [0, 0.05) is 24.1 Å². The highest BCUT2D eigenvalue weighted by atomic mass is 32.2. The van der Waals surface area contributed by atoms with E-state index < -0.39 is 0 Å². The van der Waals surface area contributed by atoms with E-state index in [4.69, 9.17) is 9.72 Å². The minimum Gasteiger partial charge on any atom is -0.473 e. The van der Waals surface area contributed by atoms with Crippen LogP contribution in [-0.4, -0.2) is 62.0 Å². The fraction of sp³-hybridized carbons (Fsp3) is 0.500. The second kappa shape index (κ2) is 10.1. The first-order valence-electron chi connectivity index (χ1n) is 12.2. The maximum absolute atomic E-state index is 6.15. The number of fused-ring (bicyclic) bond motifs is 2. The molecule has 0 radical (unpaired) electrons. The molecule has 2 aliphatic rings. The first-order valence-corrected chi connectivity index (χ1v) is 13.9. The number of benzene rings is 1. The summed E-state index contributed by atoms with van der Waals surface area (Å²) in [5, 5.41) is 18.6. The third kappa shape index (κ3) is 4.99. The van der Waals surface area contributed by atoms with Crippen LogP contribution in [0.2, 0.25) is 0 Å². The van der Waals surface area contributed by atoms with Gasteiger partial charge in [0.15, 0.2) is 10.8 Å². The van der Waals surface area contributed by atoms with E-state index in [-0.39, 0.29) is 6.10 Å². The predicted molar refractivity (Wildman–Crippen MR) is 136 cm³/mol. The molecule has 4 aromatic rings. The summed E-state index contributed by atoms with van der Waals surface area (Å²) >= 11 is 3.26. The van der Waals surface area contributed by atoms with Gasteiger partial charge in [-0.1, -0.05) is 17.8 Å². The van der Waals surface area contributed by atoms with Crippen LogP contribution in [-0.2, 0) is 0 Å². The third-order valence-corrected chi connectivity index (χ3v) is 8.42. The highest BCUT2D eigenvalue weighted by molar-refractivity contribution is 7.99. The van der Waals surface area contributed by atoms with E-state index in [0.717, 1.165) is 57.0 Å². The van der Waals surface area contributed by atoms with Crippen molar-refractivity contribution in [3.8, 4) is 5.88 Å². The van der Waals surface area contributed by atoms with Gasteiger partial charge in [-0.05, 0) is 87.6 Å². The van der Waals surface area contributed by atoms with Crippen molar-refractivity contribution >= 4 is 44.1 Å². The molecule has 1 aromatic carbocycles. The van der Waals surface area contributed by atoms with E-state index in [1.165, 1.54) is 45.2 Å². The van der Waals surface area contributed by atoms with Crippen molar-refractivity contribution in [2.75, 3.05) is 31.5 Å². The maximum atomic E-state index is 6.15. The monoisotopic (exact) mass is 495 g/mol. The van der Waals surface area contributed by atoms with Crippen LogP contribution >= 0.6 is 23.1 Å². The SMILES string of the molecule is c1cc2nc(NCCN3CCCC3)sc2cc1Sc1nnc2ccc(OC3CCCCC3)nn12. The molecule has 0 unspecified atom stereocenters. The van der Waals surface area contributed by atoms with Crippen LogP contribution in [0.1, 0.15) is 44.9 Å². The van der Waals surface area contributed by atoms with Crippen molar-refractivity contribution in [2.24, 2.45) is 0 Å². The molecule has 1 aliphatic heterocycles. The normalized spacial score (nSPS) is 17.6. The van der Waals surface area contributed by atoms with E-state index in [2.05, 4.69) is 43.7 Å². The van der Waals surface area contributed by atoms with Crippen molar-refractivity contribution in [1.82, 2.24) is 29.7 Å². The van der Waals surface area contributed by atoms with E-state index in [1.54, 1.807) is 27.6 Å². The Balaban J connectivity index is 1.14. The van der Waals surface area contributed by atoms with Crippen LogP contribution < -0.4 is 10.1 Å². The zero-order chi connectivity index (χ0) is 22.7. The molecule has 1 N–H and O–H groups in total. The molecule has 1 saturated carbocycles. The second-order valence-corrected chi connectivity index (χ2v) is 11.1. The molecule has 10 heteroatoms. The van der Waals surface area contributed by atoms with Gasteiger partial charge < -0.3 is 15.0 Å². The number of thiazole rings is 1. The Morgan fingerprint density at radius 1 is 1.03 bits per heavy atom. The molecule has 1 aliphatic carbocycles. The van der Waals surface area contributed by atoms with Gasteiger partial charge in [0.25, 0.3) is 0 Å². The highest BCUT2D eigenvalue weighted by Gasteiger charge is 2.17. The van der Waals surface area contributed by atoms with Crippen molar-refractivity contribution in [3.63, 3.8) is 0 Å². The van der Waals surface area contributed by atoms with Crippen LogP contribution in [0.3, 0.4) is 0 Å². The lowest BCUT2D eigenvalue weighted by Crippen LogP contribution is -2.25. The van der Waals surface area contributed by atoms with Crippen LogP contribution in [0, 0.1) is 0 Å². The Bertz CT molecular complexity index is 1260. The molecular weight excluding hydrogens is 466 g/mol. The van der Waals surface area contributed by atoms with Crippen LogP contribution in [0.5, 0.6) is 5.88 Å². The Hall–Kier alpha value is -2.43. The zero-order valence-electron chi connectivity index (χ0n) is 19.2. The van der Waals surface area contributed by atoms with Crippen molar-refractivity contribution in [2.45, 2.75) is 61.1 Å². The third-order valence-electron chi connectivity index (χ3n) is 6.52. The lowest BCUT2D eigenvalue weighted by Gasteiger charge is -2.22. The van der Waals surface area contributed by atoms with Crippen LogP contribution in [0.4, 0.5) is 5.13 Å². The van der Waals surface area contributed by atoms with Gasteiger partial charge in [-0.3, -0.25) is 0 Å². The number of aromatic nitrogens is 5. The number of rotatable bonds is 8. The fourth-order valence-electron chi connectivity index (χ4n) is 4.71. The summed E-state index contributed by atoms with van der Waals surface area (Å²) < 4.78 is 9.10. The van der Waals surface area contributed by atoms with Gasteiger partial charge in [-0.2, -0.15) is 4.52 Å². The quantitative estimate of drug-likeness (QED) is 0.361. The van der Waals surface area contributed by atoms with Gasteiger partial charge in [0.1, 0.15) is 6.10 Å². The molecule has 0 amide bonds. The van der Waals surface area contributed by atoms with E-state index in [9.17, 15) is 0 Å². The highest BCUT2D eigenvalue weighted by Crippen LogP contribution is 2.33. The molecule has 1 saturated heterocycles. The molecule has 0 bridgehead atoms. The number of hydrogen-bond acceptors (Lipinski definition) is 9. The first kappa shape index (κ1) is 22.1. The molecule has 2 fully saturated rings. The van der Waals surface area contributed by atoms with Gasteiger partial charge in [-0.15, -0.1) is 15.3 Å². The Morgan fingerprint density at radius 3 is 2.79 bits per heavy atom. The predicted octanol–water partition coefficient (Wildman–Crippen LogP) is 5.10. The number of hydrogen-bond donors (Lipinski definition) is 1. The molecule has 0 spiro atoms. The zero-order valence-corrected chi connectivity index (χ0v) is 20.8. The Kier molecular flexibility index (Phi) is 6.52. The van der Waals surface area contributed by atoms with Gasteiger partial charge in [0.2, 0.25) is 11.0 Å². The number of nitrogens with zero attached hydrogens (tertiary/aromatic N) is 6. The fourth-order valence-corrected chi connectivity index (χ4v) is 6.54. The van der Waals surface area contributed by atoms with Gasteiger partial charge in [-0.25, -0.2) is 4.98 Å². The van der Waals surface area contributed by atoms with Gasteiger partial charge in [0.05, 0.1) is 10.2 Å². The van der Waals surface area contributed by atoms with Crippen LogP contribution in [0.15, 0.2) is 40.4 Å². The lowest BCUT2D eigenvalue weighted by molar-refractivity contribution is 0.146. The largest absolute Gasteiger partial charge is 0.473 e. The van der Waals surface area contributed by atoms with Crippen LogP contribution in [0.25, 0.3) is 15.9 Å². The summed E-state index contributed by atoms with van der Waals surface area (Å²) in [4.78, 5) is 8.35. The summed E-state index contributed by atoms with van der Waals surface area (Å²) in [6.45, 7) is 4.46. The van der Waals surface area contributed by atoms with Crippen molar-refractivity contribution in [3.05, 3.63) is 30.3 Å². The van der Waals surface area contributed by atoms with E-state index >= 15 is 0 Å². The summed E-state index contributed by atoms with van der Waals surface area (Å²) in [5.74, 6) is 0.642. The first-order chi connectivity index (χ1) is 16.8. The molecule has 6 rings (SSSR count). The molecule has 0 atom stereocenters. The number of likely N-dealkylation sites (tertiary alicyclic amines) is 1. The smallest absolute Gasteiger partial charge is 0.232 e. The van der Waals surface area contributed by atoms with E-state index in [0.29, 0.717) is 5.88 Å².